The number of nitrogens with two attached hydrogens (primary N) is 1. The van der Waals surface area contributed by atoms with Crippen LogP contribution in [-0.4, -0.2) is 15.5 Å². The summed E-state index contributed by atoms with van der Waals surface area (Å²) in [7, 11) is 0. The summed E-state index contributed by atoms with van der Waals surface area (Å²) in [5.41, 5.74) is 6.42. The Hall–Kier alpha value is -1.62. The van der Waals surface area contributed by atoms with E-state index in [1.54, 1.807) is 17.6 Å². The molecule has 1 heterocycles. The fraction of sp³-hybridized carbons (Fsp3) is 0.333. The van der Waals surface area contributed by atoms with Gasteiger partial charge in [-0.2, -0.15) is 0 Å². The second-order valence-electron chi connectivity index (χ2n) is 4.09. The number of aromatic nitrogens is 2. The summed E-state index contributed by atoms with van der Waals surface area (Å²) >= 11 is 6.04. The zero-order valence-corrected chi connectivity index (χ0v) is 10.6. The van der Waals surface area contributed by atoms with Crippen LogP contribution in [0.5, 0.6) is 0 Å². The number of aryl methyl sites for hydroxylation is 1. The van der Waals surface area contributed by atoms with Crippen LogP contribution in [0.1, 0.15) is 24.5 Å². The van der Waals surface area contributed by atoms with Gasteiger partial charge in [-0.15, -0.1) is 11.6 Å². The molecule has 0 spiro atoms. The predicted molar refractivity (Wildman–Crippen MR) is 67.8 cm³/mol. The quantitative estimate of drug-likeness (QED) is 0.866. The summed E-state index contributed by atoms with van der Waals surface area (Å²) < 4.78 is 14.9. The Labute approximate surface area is 109 Å². The van der Waals surface area contributed by atoms with Gasteiger partial charge in [0, 0.05) is 19.0 Å². The molecule has 0 aliphatic rings. The number of hydrogen-bond donors (Lipinski definition) is 1. The highest BCUT2D eigenvalue weighted by Gasteiger charge is 2.15. The lowest BCUT2D eigenvalue weighted by atomic mass is 10.3. The number of imidazole rings is 1. The van der Waals surface area contributed by atoms with Gasteiger partial charge < -0.3 is 10.3 Å². The molecular formula is C12H13ClFN3O. The maximum atomic E-state index is 13.1. The number of primary amides is 1. The minimum Gasteiger partial charge on any atom is -0.370 e. The number of hydrogen-bond acceptors (Lipinski definition) is 2. The molecule has 18 heavy (non-hydrogen) atoms. The SMILES string of the molecule is CC(Cl)c1nc2cc(F)ccc2n1CCC(N)=O. The van der Waals surface area contributed by atoms with Crippen LogP contribution in [0, 0.1) is 5.82 Å². The highest BCUT2D eigenvalue weighted by Crippen LogP contribution is 2.25. The van der Waals surface area contributed by atoms with Crippen molar-refractivity contribution in [3.05, 3.63) is 29.8 Å². The van der Waals surface area contributed by atoms with Crippen LogP contribution >= 0.6 is 11.6 Å². The number of alkyl halides is 1. The minimum atomic E-state index is -0.396. The fourth-order valence-corrected chi connectivity index (χ4v) is 2.05. The van der Waals surface area contributed by atoms with Crippen molar-refractivity contribution < 1.29 is 9.18 Å². The van der Waals surface area contributed by atoms with Gasteiger partial charge in [0.2, 0.25) is 5.91 Å². The molecule has 2 N–H and O–H groups in total. The van der Waals surface area contributed by atoms with Crippen LogP contribution in [0.25, 0.3) is 11.0 Å². The maximum Gasteiger partial charge on any atom is 0.219 e. The number of carbonyl (C=O) groups excluding carboxylic acids is 1. The summed E-state index contributed by atoms with van der Waals surface area (Å²) in [5, 5.41) is -0.326. The van der Waals surface area contributed by atoms with E-state index in [1.807, 2.05) is 0 Å². The van der Waals surface area contributed by atoms with Gasteiger partial charge in [-0.05, 0) is 19.1 Å². The molecule has 2 aromatic rings. The highest BCUT2D eigenvalue weighted by atomic mass is 35.5. The van der Waals surface area contributed by atoms with Crippen LogP contribution in [0.4, 0.5) is 4.39 Å². The number of fused-ring (bicyclic) bond motifs is 1. The van der Waals surface area contributed by atoms with Crippen LogP contribution < -0.4 is 5.73 Å². The average Bonchev–Trinajstić information content (AvgIpc) is 2.64. The topological polar surface area (TPSA) is 60.9 Å². The van der Waals surface area contributed by atoms with Gasteiger partial charge in [-0.25, -0.2) is 9.37 Å². The smallest absolute Gasteiger partial charge is 0.219 e. The number of benzene rings is 1. The second kappa shape index (κ2) is 4.94. The number of nitrogens with zero attached hydrogens (tertiary/aromatic N) is 2. The summed E-state index contributed by atoms with van der Waals surface area (Å²) in [6.07, 6.45) is 0.194. The first-order valence-electron chi connectivity index (χ1n) is 5.57. The number of rotatable bonds is 4. The molecule has 0 bridgehead atoms. The Morgan fingerprint density at radius 3 is 2.94 bits per heavy atom. The average molecular weight is 270 g/mol. The standard InChI is InChI=1S/C12H13ClFN3O/c1-7(13)12-16-9-6-8(14)2-3-10(9)17(12)5-4-11(15)18/h2-3,6-7H,4-5H2,1H3,(H2,15,18). The van der Waals surface area contributed by atoms with Crippen molar-refractivity contribution in [2.24, 2.45) is 5.73 Å². The Kier molecular flexibility index (Phi) is 3.52. The molecule has 0 aliphatic carbocycles. The zero-order valence-electron chi connectivity index (χ0n) is 9.86. The van der Waals surface area contributed by atoms with Gasteiger partial charge in [0.25, 0.3) is 0 Å². The van der Waals surface area contributed by atoms with E-state index in [4.69, 9.17) is 17.3 Å². The minimum absolute atomic E-state index is 0.194. The van der Waals surface area contributed by atoms with Gasteiger partial charge in [-0.3, -0.25) is 4.79 Å². The third-order valence-electron chi connectivity index (χ3n) is 2.68. The largest absolute Gasteiger partial charge is 0.370 e. The summed E-state index contributed by atoms with van der Waals surface area (Å²) in [6, 6.07) is 4.33. The third-order valence-corrected chi connectivity index (χ3v) is 2.87. The monoisotopic (exact) mass is 269 g/mol. The summed E-state index contributed by atoms with van der Waals surface area (Å²) in [4.78, 5) is 15.2. The molecule has 1 amide bonds. The Bertz CT molecular complexity index is 594. The second-order valence-corrected chi connectivity index (χ2v) is 4.74. The molecule has 0 aliphatic heterocycles. The molecule has 0 radical (unpaired) electrons. The number of halogens is 2. The van der Waals surface area contributed by atoms with E-state index in [0.29, 0.717) is 17.9 Å². The Balaban J connectivity index is 2.52. The zero-order chi connectivity index (χ0) is 13.3. The van der Waals surface area contributed by atoms with E-state index in [9.17, 15) is 9.18 Å². The third kappa shape index (κ3) is 2.46. The summed E-state index contributed by atoms with van der Waals surface area (Å²) in [5.74, 6) is -0.138. The Morgan fingerprint density at radius 1 is 1.61 bits per heavy atom. The van der Waals surface area contributed by atoms with Crippen molar-refractivity contribution in [3.8, 4) is 0 Å². The van der Waals surface area contributed by atoms with Gasteiger partial charge >= 0.3 is 0 Å². The molecule has 96 valence electrons. The van der Waals surface area contributed by atoms with E-state index >= 15 is 0 Å². The maximum absolute atomic E-state index is 13.1. The van der Waals surface area contributed by atoms with Crippen LogP contribution in [0.2, 0.25) is 0 Å². The molecule has 6 heteroatoms. The first-order valence-corrected chi connectivity index (χ1v) is 6.00. The Morgan fingerprint density at radius 2 is 2.33 bits per heavy atom. The molecule has 1 unspecified atom stereocenters. The molecular weight excluding hydrogens is 257 g/mol. The molecule has 2 rings (SSSR count). The lowest BCUT2D eigenvalue weighted by Crippen LogP contribution is -2.15. The fourth-order valence-electron chi connectivity index (χ4n) is 1.88. The van der Waals surface area contributed by atoms with Crippen LogP contribution in [0.3, 0.4) is 0 Å². The van der Waals surface area contributed by atoms with Gasteiger partial charge in [0.05, 0.1) is 16.4 Å². The normalized spacial score (nSPS) is 12.8. The van der Waals surface area contributed by atoms with E-state index in [-0.39, 0.29) is 17.6 Å². The van der Waals surface area contributed by atoms with Gasteiger partial charge in [0.15, 0.2) is 0 Å². The van der Waals surface area contributed by atoms with Gasteiger partial charge in [-0.1, -0.05) is 0 Å². The summed E-state index contributed by atoms with van der Waals surface area (Å²) in [6.45, 7) is 2.17. The molecule has 0 saturated heterocycles. The van der Waals surface area contributed by atoms with Crippen molar-refractivity contribution in [3.63, 3.8) is 0 Å². The van der Waals surface area contributed by atoms with Crippen LogP contribution in [-0.2, 0) is 11.3 Å². The molecule has 1 aromatic heterocycles. The van der Waals surface area contributed by atoms with Crippen molar-refractivity contribution in [1.29, 1.82) is 0 Å². The number of amides is 1. The van der Waals surface area contributed by atoms with E-state index in [0.717, 1.165) is 5.52 Å². The van der Waals surface area contributed by atoms with Crippen molar-refractivity contribution in [2.75, 3.05) is 0 Å². The van der Waals surface area contributed by atoms with E-state index < -0.39 is 5.91 Å². The van der Waals surface area contributed by atoms with Crippen molar-refractivity contribution in [1.82, 2.24) is 9.55 Å². The van der Waals surface area contributed by atoms with Crippen molar-refractivity contribution >= 4 is 28.5 Å². The lowest BCUT2D eigenvalue weighted by Gasteiger charge is -2.09. The molecule has 0 saturated carbocycles. The highest BCUT2D eigenvalue weighted by molar-refractivity contribution is 6.20. The predicted octanol–water partition coefficient (Wildman–Crippen LogP) is 2.35. The van der Waals surface area contributed by atoms with E-state index in [2.05, 4.69) is 4.98 Å². The first-order chi connectivity index (χ1) is 8.49. The molecule has 1 aromatic carbocycles. The van der Waals surface area contributed by atoms with Crippen molar-refractivity contribution in [2.45, 2.75) is 25.3 Å². The molecule has 4 nitrogen and oxygen atoms in total. The number of carbonyl (C=O) groups is 1. The van der Waals surface area contributed by atoms with Crippen LogP contribution in [0.15, 0.2) is 18.2 Å². The van der Waals surface area contributed by atoms with Gasteiger partial charge in [0.1, 0.15) is 11.6 Å². The lowest BCUT2D eigenvalue weighted by molar-refractivity contribution is -0.118. The first kappa shape index (κ1) is 12.8. The molecule has 1 atom stereocenters. The molecule has 0 fully saturated rings. The van der Waals surface area contributed by atoms with E-state index in [1.165, 1.54) is 12.1 Å².